The van der Waals surface area contributed by atoms with Gasteiger partial charge in [0.1, 0.15) is 11.0 Å². The predicted octanol–water partition coefficient (Wildman–Crippen LogP) is 2.72. The van der Waals surface area contributed by atoms with Gasteiger partial charge in [0.15, 0.2) is 0 Å². The van der Waals surface area contributed by atoms with Crippen molar-refractivity contribution in [1.29, 1.82) is 0 Å². The van der Waals surface area contributed by atoms with Crippen molar-refractivity contribution in [3.63, 3.8) is 0 Å². The minimum Gasteiger partial charge on any atom is -0.396 e. The standard InChI is InChI=1S/C16H19ClFN3O2/c1-10(7-8-22)9-19-16(23)14-11(2)20-21(15(14)17)13-5-3-12(18)4-6-13/h3-6,10,22H,7-9H2,1-2H3,(H,19,23). The van der Waals surface area contributed by atoms with Crippen molar-refractivity contribution in [2.75, 3.05) is 13.2 Å². The molecule has 7 heteroatoms. The van der Waals surface area contributed by atoms with Gasteiger partial charge in [0.25, 0.3) is 5.91 Å². The van der Waals surface area contributed by atoms with Gasteiger partial charge in [-0.1, -0.05) is 18.5 Å². The number of benzene rings is 1. The highest BCUT2D eigenvalue weighted by molar-refractivity contribution is 6.33. The molecule has 1 amide bonds. The zero-order valence-electron chi connectivity index (χ0n) is 13.0. The zero-order chi connectivity index (χ0) is 17.0. The third kappa shape index (κ3) is 4.09. The number of nitrogens with one attached hydrogen (secondary N) is 1. The molecule has 0 saturated heterocycles. The molecule has 0 radical (unpaired) electrons. The highest BCUT2D eigenvalue weighted by atomic mass is 35.5. The van der Waals surface area contributed by atoms with Crippen LogP contribution in [0.5, 0.6) is 0 Å². The van der Waals surface area contributed by atoms with Crippen molar-refractivity contribution in [2.24, 2.45) is 5.92 Å². The summed E-state index contributed by atoms with van der Waals surface area (Å²) in [6, 6.07) is 5.69. The highest BCUT2D eigenvalue weighted by Crippen LogP contribution is 2.23. The fraction of sp³-hybridized carbons (Fsp3) is 0.375. The van der Waals surface area contributed by atoms with Crippen LogP contribution >= 0.6 is 11.6 Å². The van der Waals surface area contributed by atoms with Crippen LogP contribution in [-0.4, -0.2) is 33.9 Å². The largest absolute Gasteiger partial charge is 0.396 e. The summed E-state index contributed by atoms with van der Waals surface area (Å²) >= 11 is 6.28. The fourth-order valence-corrected chi connectivity index (χ4v) is 2.55. The van der Waals surface area contributed by atoms with Gasteiger partial charge in [-0.2, -0.15) is 5.10 Å². The van der Waals surface area contributed by atoms with E-state index >= 15 is 0 Å². The maximum Gasteiger partial charge on any atom is 0.256 e. The fourth-order valence-electron chi connectivity index (χ4n) is 2.19. The average molecular weight is 340 g/mol. The number of aliphatic hydroxyl groups excluding tert-OH is 1. The molecule has 0 saturated carbocycles. The monoisotopic (exact) mass is 339 g/mol. The van der Waals surface area contributed by atoms with Crippen LogP contribution in [0.4, 0.5) is 4.39 Å². The van der Waals surface area contributed by atoms with E-state index in [1.54, 1.807) is 19.1 Å². The summed E-state index contributed by atoms with van der Waals surface area (Å²) < 4.78 is 14.4. The number of aryl methyl sites for hydroxylation is 1. The van der Waals surface area contributed by atoms with E-state index in [0.717, 1.165) is 0 Å². The number of hydrogen-bond donors (Lipinski definition) is 2. The molecule has 23 heavy (non-hydrogen) atoms. The van der Waals surface area contributed by atoms with Crippen LogP contribution in [0.2, 0.25) is 5.15 Å². The third-order valence-corrected chi connectivity index (χ3v) is 3.88. The molecule has 1 atom stereocenters. The molecule has 0 fully saturated rings. The van der Waals surface area contributed by atoms with Crippen LogP contribution in [0.1, 0.15) is 29.4 Å². The van der Waals surface area contributed by atoms with Gasteiger partial charge in [-0.15, -0.1) is 0 Å². The number of carbonyl (C=O) groups excluding carboxylic acids is 1. The smallest absolute Gasteiger partial charge is 0.256 e. The predicted molar refractivity (Wildman–Crippen MR) is 86.5 cm³/mol. The zero-order valence-corrected chi connectivity index (χ0v) is 13.8. The first-order chi connectivity index (χ1) is 10.9. The van der Waals surface area contributed by atoms with E-state index in [4.69, 9.17) is 16.7 Å². The summed E-state index contributed by atoms with van der Waals surface area (Å²) in [5.41, 5.74) is 1.37. The Bertz CT molecular complexity index is 685. The molecular formula is C16H19ClFN3O2. The second-order valence-electron chi connectivity index (χ2n) is 5.47. The Morgan fingerprint density at radius 1 is 1.43 bits per heavy atom. The Balaban J connectivity index is 2.20. The summed E-state index contributed by atoms with van der Waals surface area (Å²) in [6.07, 6.45) is 0.613. The van der Waals surface area contributed by atoms with Gasteiger partial charge < -0.3 is 10.4 Å². The van der Waals surface area contributed by atoms with Crippen molar-refractivity contribution in [3.05, 3.63) is 46.5 Å². The molecule has 0 bridgehead atoms. The highest BCUT2D eigenvalue weighted by Gasteiger charge is 2.21. The lowest BCUT2D eigenvalue weighted by molar-refractivity contribution is 0.0945. The SMILES string of the molecule is Cc1nn(-c2ccc(F)cc2)c(Cl)c1C(=O)NCC(C)CCO. The molecule has 0 aliphatic rings. The van der Waals surface area contributed by atoms with Gasteiger partial charge in [-0.05, 0) is 43.5 Å². The maximum atomic E-state index is 13.0. The number of aromatic nitrogens is 2. The number of aliphatic hydroxyl groups is 1. The number of nitrogens with zero attached hydrogens (tertiary/aromatic N) is 2. The number of halogens is 2. The molecule has 1 heterocycles. The van der Waals surface area contributed by atoms with Crippen LogP contribution in [0.15, 0.2) is 24.3 Å². The summed E-state index contributed by atoms with van der Waals surface area (Å²) in [5, 5.41) is 16.1. The Morgan fingerprint density at radius 3 is 2.70 bits per heavy atom. The first-order valence-corrected chi connectivity index (χ1v) is 7.72. The van der Waals surface area contributed by atoms with E-state index in [-0.39, 0.29) is 29.4 Å². The van der Waals surface area contributed by atoms with Crippen LogP contribution in [0.25, 0.3) is 5.69 Å². The first kappa shape index (κ1) is 17.4. The first-order valence-electron chi connectivity index (χ1n) is 7.34. The lowest BCUT2D eigenvalue weighted by atomic mass is 10.1. The summed E-state index contributed by atoms with van der Waals surface area (Å²) in [4.78, 5) is 12.3. The minimum atomic E-state index is -0.357. The number of rotatable bonds is 6. The van der Waals surface area contributed by atoms with Gasteiger partial charge in [0.2, 0.25) is 0 Å². The van der Waals surface area contributed by atoms with E-state index in [1.165, 1.54) is 16.8 Å². The number of amides is 1. The molecule has 1 unspecified atom stereocenters. The van der Waals surface area contributed by atoms with Gasteiger partial charge in [-0.3, -0.25) is 4.79 Å². The molecule has 2 rings (SSSR count). The van der Waals surface area contributed by atoms with Crippen molar-refractivity contribution in [2.45, 2.75) is 20.3 Å². The van der Waals surface area contributed by atoms with Crippen LogP contribution in [-0.2, 0) is 0 Å². The lowest BCUT2D eigenvalue weighted by Gasteiger charge is -2.11. The van der Waals surface area contributed by atoms with Gasteiger partial charge in [0.05, 0.1) is 16.9 Å². The molecule has 0 aliphatic carbocycles. The topological polar surface area (TPSA) is 67.2 Å². The normalized spacial score (nSPS) is 12.2. The Hall–Kier alpha value is -1.92. The molecule has 2 aromatic rings. The van der Waals surface area contributed by atoms with Crippen molar-refractivity contribution >= 4 is 17.5 Å². The van der Waals surface area contributed by atoms with E-state index in [2.05, 4.69) is 10.4 Å². The molecule has 0 aliphatic heterocycles. The van der Waals surface area contributed by atoms with Crippen molar-refractivity contribution in [3.8, 4) is 5.69 Å². The molecule has 5 nitrogen and oxygen atoms in total. The lowest BCUT2D eigenvalue weighted by Crippen LogP contribution is -2.29. The van der Waals surface area contributed by atoms with Crippen molar-refractivity contribution < 1.29 is 14.3 Å². The minimum absolute atomic E-state index is 0.0827. The molecule has 1 aromatic carbocycles. The van der Waals surface area contributed by atoms with E-state index in [1.807, 2.05) is 6.92 Å². The Kier molecular flexibility index (Phi) is 5.74. The Morgan fingerprint density at radius 2 is 2.09 bits per heavy atom. The molecule has 2 N–H and O–H groups in total. The molecule has 0 spiro atoms. The van der Waals surface area contributed by atoms with Gasteiger partial charge in [0, 0.05) is 13.2 Å². The van der Waals surface area contributed by atoms with Crippen LogP contribution < -0.4 is 5.32 Å². The molecule has 124 valence electrons. The summed E-state index contributed by atoms with van der Waals surface area (Å²) in [5.74, 6) is -0.509. The van der Waals surface area contributed by atoms with Crippen LogP contribution in [0, 0.1) is 18.7 Å². The van der Waals surface area contributed by atoms with Crippen molar-refractivity contribution in [1.82, 2.24) is 15.1 Å². The average Bonchev–Trinajstić information content (AvgIpc) is 2.81. The van der Waals surface area contributed by atoms with Gasteiger partial charge >= 0.3 is 0 Å². The molecular weight excluding hydrogens is 321 g/mol. The third-order valence-electron chi connectivity index (χ3n) is 3.54. The maximum absolute atomic E-state index is 13.0. The number of hydrogen-bond acceptors (Lipinski definition) is 3. The quantitative estimate of drug-likeness (QED) is 0.850. The van der Waals surface area contributed by atoms with E-state index < -0.39 is 0 Å². The van der Waals surface area contributed by atoms with E-state index in [9.17, 15) is 9.18 Å². The Labute approximate surface area is 139 Å². The number of carbonyl (C=O) groups is 1. The second-order valence-corrected chi connectivity index (χ2v) is 5.82. The second kappa shape index (κ2) is 7.57. The van der Waals surface area contributed by atoms with E-state index in [0.29, 0.717) is 29.9 Å². The molecule has 1 aromatic heterocycles. The summed E-state index contributed by atoms with van der Waals surface area (Å²) in [6.45, 7) is 4.15. The summed E-state index contributed by atoms with van der Waals surface area (Å²) in [7, 11) is 0. The van der Waals surface area contributed by atoms with Gasteiger partial charge in [-0.25, -0.2) is 9.07 Å². The van der Waals surface area contributed by atoms with Crippen LogP contribution in [0.3, 0.4) is 0 Å².